The lowest BCUT2D eigenvalue weighted by atomic mass is 9.95. The Balaban J connectivity index is 1.34. The molecule has 2 aromatic carbocycles. The number of hydrogen-bond acceptors (Lipinski definition) is 11. The fraction of sp³-hybridized carbons (Fsp3) is 0.457. The number of benzene rings is 2. The fourth-order valence-corrected chi connectivity index (χ4v) is 6.08. The number of esters is 2. The molecule has 4 aromatic rings. The first kappa shape index (κ1) is 33.9. The molecule has 6 bridgehead atoms. The molecule has 14 nitrogen and oxygen atoms in total. The highest BCUT2D eigenvalue weighted by molar-refractivity contribution is 5.90. The van der Waals surface area contributed by atoms with Crippen LogP contribution in [0.2, 0.25) is 0 Å². The van der Waals surface area contributed by atoms with Gasteiger partial charge in [0.25, 0.3) is 0 Å². The average molecular weight is 672 g/mol. The summed E-state index contributed by atoms with van der Waals surface area (Å²) in [5, 5.41) is 20.1. The van der Waals surface area contributed by atoms with Crippen molar-refractivity contribution in [3.05, 3.63) is 95.6 Å². The normalized spacial score (nSPS) is 23.5. The molecule has 49 heavy (non-hydrogen) atoms. The number of nitrogens with zero attached hydrogens (tertiary/aromatic N) is 6. The van der Waals surface area contributed by atoms with Crippen LogP contribution in [0.1, 0.15) is 71.1 Å². The Morgan fingerprint density at radius 1 is 0.755 bits per heavy atom. The molecule has 5 atom stereocenters. The van der Waals surface area contributed by atoms with E-state index in [1.54, 1.807) is 70.0 Å². The fourth-order valence-electron chi connectivity index (χ4n) is 6.08. The standard InChI is InChI=1S/C35H41N7O7/c1-24(43)36-30-32(49-34(45)26-15-8-5-9-16-26)31(48-33(44)25-13-6-4-7-14-25)29-23-42-22-28(38-40-42)18-11-3-2-10-17-27-21-41(39-37-27)19-12-20-46-35(30)47-29/h4-9,13-16,21-22,29-32,35H,2-3,10-12,17-20,23H2,1H3,(H,36,43)/t29-,30-,31-,32-,35+/m1/s1. The van der Waals surface area contributed by atoms with Crippen molar-refractivity contribution in [2.75, 3.05) is 6.61 Å². The molecule has 0 unspecified atom stereocenters. The summed E-state index contributed by atoms with van der Waals surface area (Å²) in [6.45, 7) is 2.23. The number of hydrogen-bond donors (Lipinski definition) is 1. The lowest BCUT2D eigenvalue weighted by Crippen LogP contribution is -2.66. The zero-order valence-corrected chi connectivity index (χ0v) is 27.4. The Morgan fingerprint density at radius 3 is 1.94 bits per heavy atom. The molecule has 1 fully saturated rings. The monoisotopic (exact) mass is 671 g/mol. The first-order valence-corrected chi connectivity index (χ1v) is 16.8. The van der Waals surface area contributed by atoms with Gasteiger partial charge in [-0.3, -0.25) is 9.48 Å². The van der Waals surface area contributed by atoms with Crippen molar-refractivity contribution >= 4 is 17.8 Å². The highest BCUT2D eigenvalue weighted by atomic mass is 16.7. The van der Waals surface area contributed by atoms with Crippen LogP contribution < -0.4 is 5.32 Å². The van der Waals surface area contributed by atoms with Gasteiger partial charge >= 0.3 is 11.9 Å². The molecule has 0 aliphatic carbocycles. The van der Waals surface area contributed by atoms with Crippen molar-refractivity contribution in [3.63, 3.8) is 0 Å². The van der Waals surface area contributed by atoms with E-state index in [4.69, 9.17) is 18.9 Å². The molecule has 2 aliphatic rings. The van der Waals surface area contributed by atoms with E-state index in [1.165, 1.54) is 6.92 Å². The van der Waals surface area contributed by atoms with Gasteiger partial charge in [-0.1, -0.05) is 59.7 Å². The molecule has 6 rings (SSSR count). The van der Waals surface area contributed by atoms with Gasteiger partial charge in [-0.25, -0.2) is 14.3 Å². The predicted molar refractivity (Wildman–Crippen MR) is 174 cm³/mol. The highest BCUT2D eigenvalue weighted by Crippen LogP contribution is 2.30. The topological polar surface area (TPSA) is 162 Å². The first-order chi connectivity index (χ1) is 23.9. The van der Waals surface area contributed by atoms with Gasteiger partial charge in [-0.15, -0.1) is 10.2 Å². The van der Waals surface area contributed by atoms with Crippen molar-refractivity contribution in [1.29, 1.82) is 0 Å². The van der Waals surface area contributed by atoms with Gasteiger partial charge in [0.05, 0.1) is 35.7 Å². The Morgan fingerprint density at radius 2 is 1.33 bits per heavy atom. The summed E-state index contributed by atoms with van der Waals surface area (Å²) in [5.74, 6) is -1.71. The summed E-state index contributed by atoms with van der Waals surface area (Å²) < 4.78 is 28.5. The summed E-state index contributed by atoms with van der Waals surface area (Å²) >= 11 is 0. The molecule has 0 spiro atoms. The summed E-state index contributed by atoms with van der Waals surface area (Å²) in [7, 11) is 0. The number of rotatable bonds is 5. The second kappa shape index (κ2) is 16.4. The third-order valence-electron chi connectivity index (χ3n) is 8.49. The van der Waals surface area contributed by atoms with Crippen LogP contribution in [0, 0.1) is 0 Å². The predicted octanol–water partition coefficient (Wildman–Crippen LogP) is 3.32. The van der Waals surface area contributed by atoms with E-state index in [0.29, 0.717) is 24.1 Å². The lowest BCUT2D eigenvalue weighted by Gasteiger charge is -2.45. The Labute approximate surface area is 284 Å². The van der Waals surface area contributed by atoms with Crippen molar-refractivity contribution in [2.45, 2.75) is 95.6 Å². The van der Waals surface area contributed by atoms with E-state index in [-0.39, 0.29) is 13.2 Å². The molecular formula is C35H41N7O7. The number of nitrogens with one attached hydrogen (secondary N) is 1. The van der Waals surface area contributed by atoms with E-state index in [9.17, 15) is 14.4 Å². The molecule has 0 saturated carbocycles. The molecule has 1 N–H and O–H groups in total. The van der Waals surface area contributed by atoms with Crippen LogP contribution in [0.5, 0.6) is 0 Å². The van der Waals surface area contributed by atoms with E-state index >= 15 is 0 Å². The molecule has 1 amide bonds. The van der Waals surface area contributed by atoms with E-state index in [2.05, 4.69) is 25.9 Å². The summed E-state index contributed by atoms with van der Waals surface area (Å²) in [5.41, 5.74) is 2.36. The zero-order chi connectivity index (χ0) is 34.0. The number of amides is 1. The number of fused-ring (bicyclic) bond motifs is 6. The van der Waals surface area contributed by atoms with Gasteiger partial charge in [0.2, 0.25) is 5.91 Å². The second-order valence-electron chi connectivity index (χ2n) is 12.3. The highest BCUT2D eigenvalue weighted by Gasteiger charge is 2.51. The van der Waals surface area contributed by atoms with Crippen LogP contribution in [0.15, 0.2) is 73.1 Å². The third kappa shape index (κ3) is 9.15. The number of ether oxygens (including phenoxy) is 4. The maximum atomic E-state index is 13.6. The third-order valence-corrected chi connectivity index (χ3v) is 8.49. The largest absolute Gasteiger partial charge is 0.452 e. The number of carbonyl (C=O) groups excluding carboxylic acids is 3. The van der Waals surface area contributed by atoms with Gasteiger partial charge in [0.1, 0.15) is 12.1 Å². The number of aryl methyl sites for hydroxylation is 3. The molecular weight excluding hydrogens is 630 g/mol. The zero-order valence-electron chi connectivity index (χ0n) is 27.4. The summed E-state index contributed by atoms with van der Waals surface area (Å²) in [6.07, 6.45) is 5.71. The SMILES string of the molecule is CC(=O)N[C@H]1[C@H]2OCCCn3cc(nn3)CCCCCCc3cn(nn3)C[C@@H](O2)[C@@H](OC(=O)c2ccccc2)[C@@H]1OC(=O)c1ccccc1. The minimum Gasteiger partial charge on any atom is -0.452 e. The Hall–Kier alpha value is -4.95. The van der Waals surface area contributed by atoms with Gasteiger partial charge in [0.15, 0.2) is 18.5 Å². The number of aromatic nitrogens is 6. The summed E-state index contributed by atoms with van der Waals surface area (Å²) in [6, 6.07) is 15.9. The molecule has 4 heterocycles. The van der Waals surface area contributed by atoms with Crippen LogP contribution in [0.25, 0.3) is 0 Å². The van der Waals surface area contributed by atoms with Crippen LogP contribution in [-0.4, -0.2) is 85.1 Å². The van der Waals surface area contributed by atoms with Crippen molar-refractivity contribution in [2.24, 2.45) is 0 Å². The first-order valence-electron chi connectivity index (χ1n) is 16.8. The van der Waals surface area contributed by atoms with Crippen LogP contribution in [0.3, 0.4) is 0 Å². The van der Waals surface area contributed by atoms with Gasteiger partial charge in [-0.2, -0.15) is 0 Å². The maximum absolute atomic E-state index is 13.6. The quantitative estimate of drug-likeness (QED) is 0.310. The molecule has 0 radical (unpaired) electrons. The van der Waals surface area contributed by atoms with E-state index in [0.717, 1.165) is 49.9 Å². The minimum atomic E-state index is -1.20. The van der Waals surface area contributed by atoms with Crippen LogP contribution in [0.4, 0.5) is 0 Å². The molecule has 14 heteroatoms. The van der Waals surface area contributed by atoms with Crippen molar-refractivity contribution in [1.82, 2.24) is 35.3 Å². The Kier molecular flexibility index (Phi) is 11.4. The lowest BCUT2D eigenvalue weighted by molar-refractivity contribution is -0.266. The number of carbonyl (C=O) groups is 3. The average Bonchev–Trinajstić information content (AvgIpc) is 3.76. The van der Waals surface area contributed by atoms with Gasteiger partial charge in [-0.05, 0) is 56.4 Å². The maximum Gasteiger partial charge on any atom is 0.338 e. The molecule has 2 aliphatic heterocycles. The van der Waals surface area contributed by atoms with E-state index < -0.39 is 48.5 Å². The second-order valence-corrected chi connectivity index (χ2v) is 12.3. The van der Waals surface area contributed by atoms with Crippen molar-refractivity contribution < 1.29 is 33.3 Å². The van der Waals surface area contributed by atoms with Crippen LogP contribution >= 0.6 is 0 Å². The van der Waals surface area contributed by atoms with Crippen molar-refractivity contribution in [3.8, 4) is 0 Å². The Bertz CT molecular complexity index is 1680. The minimum absolute atomic E-state index is 0.105. The molecule has 2 aromatic heterocycles. The van der Waals surface area contributed by atoms with Gasteiger partial charge in [0, 0.05) is 25.9 Å². The molecule has 258 valence electrons. The van der Waals surface area contributed by atoms with E-state index in [1.807, 2.05) is 12.4 Å². The van der Waals surface area contributed by atoms with Crippen LogP contribution in [-0.2, 0) is 49.7 Å². The smallest absolute Gasteiger partial charge is 0.338 e. The summed E-state index contributed by atoms with van der Waals surface area (Å²) in [4.78, 5) is 39.7. The molecule has 1 saturated heterocycles. The van der Waals surface area contributed by atoms with Gasteiger partial charge < -0.3 is 24.3 Å².